The van der Waals surface area contributed by atoms with Crippen LogP contribution < -0.4 is 14.8 Å². The summed E-state index contributed by atoms with van der Waals surface area (Å²) in [6, 6.07) is 11.5. The number of aromatic hydroxyl groups is 1. The molecule has 2 N–H and O–H groups in total. The lowest BCUT2D eigenvalue weighted by atomic mass is 9.94. The van der Waals surface area contributed by atoms with Gasteiger partial charge in [-0.2, -0.15) is 4.98 Å². The predicted molar refractivity (Wildman–Crippen MR) is 126 cm³/mol. The minimum Gasteiger partial charge on any atom is -0.504 e. The Morgan fingerprint density at radius 2 is 1.88 bits per heavy atom. The standard InChI is InChI=1S/C25H28N4O5/c1-14(2)13-29-15(3)21(22(26-25(29)31)17-8-11-20(33-5)19(30)12-17)24-27-23(28-34-24)16-6-9-18(32-4)10-7-16/h6-12,14,22,30H,13H2,1-5H3,(H,26,31). The van der Waals surface area contributed by atoms with Gasteiger partial charge in [-0.1, -0.05) is 25.1 Å². The average molecular weight is 465 g/mol. The van der Waals surface area contributed by atoms with E-state index in [4.69, 9.17) is 14.0 Å². The molecule has 178 valence electrons. The van der Waals surface area contributed by atoms with E-state index in [-0.39, 0.29) is 23.6 Å². The number of amides is 2. The van der Waals surface area contributed by atoms with Crippen molar-refractivity contribution in [3.05, 3.63) is 59.6 Å². The molecule has 0 bridgehead atoms. The zero-order valence-electron chi connectivity index (χ0n) is 19.8. The zero-order valence-corrected chi connectivity index (χ0v) is 19.8. The van der Waals surface area contributed by atoms with Gasteiger partial charge in [0.15, 0.2) is 11.5 Å². The highest BCUT2D eigenvalue weighted by Crippen LogP contribution is 2.40. The van der Waals surface area contributed by atoms with E-state index in [0.717, 1.165) is 11.3 Å². The summed E-state index contributed by atoms with van der Waals surface area (Å²) in [5, 5.41) is 17.5. The molecule has 9 heteroatoms. The summed E-state index contributed by atoms with van der Waals surface area (Å²) in [5.74, 6) is 2.00. The number of nitrogens with one attached hydrogen (secondary N) is 1. The van der Waals surface area contributed by atoms with Gasteiger partial charge >= 0.3 is 6.03 Å². The summed E-state index contributed by atoms with van der Waals surface area (Å²) < 4.78 is 16.1. The van der Waals surface area contributed by atoms with Gasteiger partial charge in [0.1, 0.15) is 5.75 Å². The van der Waals surface area contributed by atoms with Gasteiger partial charge in [-0.3, -0.25) is 4.90 Å². The van der Waals surface area contributed by atoms with Crippen LogP contribution in [0, 0.1) is 5.92 Å². The van der Waals surface area contributed by atoms with Crippen LogP contribution in [-0.2, 0) is 0 Å². The molecule has 0 aliphatic carbocycles. The second kappa shape index (κ2) is 9.46. The maximum absolute atomic E-state index is 13.0. The molecule has 0 fully saturated rings. The van der Waals surface area contributed by atoms with Gasteiger partial charge in [0.05, 0.1) is 25.8 Å². The zero-order chi connectivity index (χ0) is 24.4. The number of methoxy groups -OCH3 is 2. The Labute approximate surface area is 198 Å². The monoisotopic (exact) mass is 464 g/mol. The van der Waals surface area contributed by atoms with E-state index >= 15 is 0 Å². The number of benzene rings is 2. The van der Waals surface area contributed by atoms with Crippen molar-refractivity contribution in [2.75, 3.05) is 20.8 Å². The number of phenols is 1. The fraction of sp³-hybridized carbons (Fsp3) is 0.320. The number of carbonyl (C=O) groups is 1. The lowest BCUT2D eigenvalue weighted by Crippen LogP contribution is -2.47. The highest BCUT2D eigenvalue weighted by Gasteiger charge is 2.36. The van der Waals surface area contributed by atoms with Crippen LogP contribution in [0.2, 0.25) is 0 Å². The Kier molecular flexibility index (Phi) is 6.45. The highest BCUT2D eigenvalue weighted by atomic mass is 16.5. The molecule has 9 nitrogen and oxygen atoms in total. The number of urea groups is 1. The number of nitrogens with zero attached hydrogens (tertiary/aromatic N) is 3. The predicted octanol–water partition coefficient (Wildman–Crippen LogP) is 4.61. The molecule has 1 atom stereocenters. The maximum Gasteiger partial charge on any atom is 0.322 e. The number of hydrogen-bond acceptors (Lipinski definition) is 7. The van der Waals surface area contributed by atoms with Gasteiger partial charge in [0, 0.05) is 17.8 Å². The quantitative estimate of drug-likeness (QED) is 0.525. The molecule has 3 aromatic rings. The second-order valence-electron chi connectivity index (χ2n) is 8.47. The van der Waals surface area contributed by atoms with E-state index < -0.39 is 6.04 Å². The van der Waals surface area contributed by atoms with Crippen molar-refractivity contribution in [1.82, 2.24) is 20.4 Å². The molecule has 2 heterocycles. The first-order valence-corrected chi connectivity index (χ1v) is 11.0. The third-order valence-corrected chi connectivity index (χ3v) is 5.68. The van der Waals surface area contributed by atoms with Gasteiger partial charge in [-0.05, 0) is 54.8 Å². The Hall–Kier alpha value is -4.01. The summed E-state index contributed by atoms with van der Waals surface area (Å²) in [6.07, 6.45) is 0. The van der Waals surface area contributed by atoms with Gasteiger partial charge < -0.3 is 24.4 Å². The van der Waals surface area contributed by atoms with Crippen LogP contribution in [0.25, 0.3) is 17.0 Å². The van der Waals surface area contributed by atoms with Gasteiger partial charge in [-0.25, -0.2) is 4.79 Å². The van der Waals surface area contributed by atoms with Crippen molar-refractivity contribution in [2.24, 2.45) is 5.92 Å². The SMILES string of the molecule is COc1ccc(-c2noc(C3=C(C)N(CC(C)C)C(=O)NC3c3ccc(OC)c(O)c3)n2)cc1. The molecule has 34 heavy (non-hydrogen) atoms. The summed E-state index contributed by atoms with van der Waals surface area (Å²) in [7, 11) is 3.09. The first kappa shape index (κ1) is 23.2. The summed E-state index contributed by atoms with van der Waals surface area (Å²) in [5.41, 5.74) is 2.81. The van der Waals surface area contributed by atoms with Crippen molar-refractivity contribution < 1.29 is 23.9 Å². The fourth-order valence-corrected chi connectivity index (χ4v) is 3.97. The third kappa shape index (κ3) is 4.41. The van der Waals surface area contributed by atoms with Crippen molar-refractivity contribution in [3.8, 4) is 28.6 Å². The Morgan fingerprint density at radius 1 is 1.15 bits per heavy atom. The van der Waals surface area contributed by atoms with Gasteiger partial charge in [0.25, 0.3) is 5.89 Å². The second-order valence-corrected chi connectivity index (χ2v) is 8.47. The molecule has 1 unspecified atom stereocenters. The summed E-state index contributed by atoms with van der Waals surface area (Å²) >= 11 is 0. The lowest BCUT2D eigenvalue weighted by molar-refractivity contribution is 0.199. The summed E-state index contributed by atoms with van der Waals surface area (Å²) in [6.45, 7) is 6.48. The molecule has 0 saturated carbocycles. The molecule has 4 rings (SSSR count). The first-order valence-electron chi connectivity index (χ1n) is 11.0. The Morgan fingerprint density at radius 3 is 2.50 bits per heavy atom. The number of phenolic OH excluding ortho intramolecular Hbond substituents is 1. The number of hydrogen-bond donors (Lipinski definition) is 2. The molecule has 0 saturated heterocycles. The van der Waals surface area contributed by atoms with E-state index in [2.05, 4.69) is 15.5 Å². The molecule has 0 radical (unpaired) electrons. The number of ether oxygens (including phenoxy) is 2. The van der Waals surface area contributed by atoms with Crippen LogP contribution in [0.5, 0.6) is 17.2 Å². The van der Waals surface area contributed by atoms with E-state index in [1.165, 1.54) is 7.11 Å². The normalized spacial score (nSPS) is 16.1. The van der Waals surface area contributed by atoms with E-state index in [9.17, 15) is 9.90 Å². The van der Waals surface area contributed by atoms with Crippen molar-refractivity contribution >= 4 is 11.6 Å². The molecule has 0 spiro atoms. The van der Waals surface area contributed by atoms with E-state index in [0.29, 0.717) is 35.0 Å². The largest absolute Gasteiger partial charge is 0.504 e. The lowest BCUT2D eigenvalue weighted by Gasteiger charge is -2.36. The number of carbonyl (C=O) groups excluding carboxylic acids is 1. The van der Waals surface area contributed by atoms with Crippen LogP contribution in [0.4, 0.5) is 4.79 Å². The molecule has 2 amide bonds. The third-order valence-electron chi connectivity index (χ3n) is 5.68. The number of allylic oxidation sites excluding steroid dienone is 1. The molecular weight excluding hydrogens is 436 g/mol. The maximum atomic E-state index is 13.0. The highest BCUT2D eigenvalue weighted by molar-refractivity contribution is 5.87. The van der Waals surface area contributed by atoms with E-state index in [1.807, 2.05) is 45.0 Å². The van der Waals surface area contributed by atoms with Gasteiger partial charge in [-0.15, -0.1) is 0 Å². The van der Waals surface area contributed by atoms with Gasteiger partial charge in [0.2, 0.25) is 5.82 Å². The molecule has 2 aromatic carbocycles. The van der Waals surface area contributed by atoms with Crippen molar-refractivity contribution in [1.29, 1.82) is 0 Å². The van der Waals surface area contributed by atoms with Crippen LogP contribution in [0.1, 0.15) is 38.3 Å². The number of aromatic nitrogens is 2. The molecule has 1 aromatic heterocycles. The fourth-order valence-electron chi connectivity index (χ4n) is 3.97. The molecule has 1 aliphatic rings. The minimum atomic E-state index is -0.600. The molecule has 1 aliphatic heterocycles. The topological polar surface area (TPSA) is 110 Å². The minimum absolute atomic E-state index is 0.0275. The van der Waals surface area contributed by atoms with Crippen LogP contribution in [0.3, 0.4) is 0 Å². The van der Waals surface area contributed by atoms with Crippen LogP contribution in [-0.4, -0.2) is 46.9 Å². The Balaban J connectivity index is 1.80. The van der Waals surface area contributed by atoms with Crippen LogP contribution in [0.15, 0.2) is 52.7 Å². The first-order chi connectivity index (χ1) is 16.3. The Bertz CT molecular complexity index is 1220. The van der Waals surface area contributed by atoms with E-state index in [1.54, 1.807) is 30.2 Å². The van der Waals surface area contributed by atoms with Crippen LogP contribution >= 0.6 is 0 Å². The van der Waals surface area contributed by atoms with Crippen molar-refractivity contribution in [3.63, 3.8) is 0 Å². The van der Waals surface area contributed by atoms with Crippen molar-refractivity contribution in [2.45, 2.75) is 26.8 Å². The number of rotatable bonds is 7. The summed E-state index contributed by atoms with van der Waals surface area (Å²) in [4.78, 5) is 19.3. The molecular formula is C25H28N4O5. The average Bonchev–Trinajstić information content (AvgIpc) is 3.31. The smallest absolute Gasteiger partial charge is 0.322 e.